The first-order valence-corrected chi connectivity index (χ1v) is 8.25. The highest BCUT2D eigenvalue weighted by molar-refractivity contribution is 6.02. The van der Waals surface area contributed by atoms with E-state index in [0.29, 0.717) is 16.6 Å². The van der Waals surface area contributed by atoms with Crippen LogP contribution in [0.2, 0.25) is 0 Å². The Kier molecular flexibility index (Phi) is 4.74. The lowest BCUT2D eigenvalue weighted by molar-refractivity contribution is -0.147. The maximum absolute atomic E-state index is 12.0. The Hall–Kier alpha value is -2.83. The van der Waals surface area contributed by atoms with Gasteiger partial charge in [-0.05, 0) is 30.5 Å². The zero-order valence-electron chi connectivity index (χ0n) is 14.4. The molecule has 1 aliphatic rings. The van der Waals surface area contributed by atoms with E-state index >= 15 is 0 Å². The summed E-state index contributed by atoms with van der Waals surface area (Å²) in [6, 6.07) is 4.43. The van der Waals surface area contributed by atoms with Crippen molar-refractivity contribution in [3.05, 3.63) is 53.2 Å². The van der Waals surface area contributed by atoms with Gasteiger partial charge in [-0.3, -0.25) is 9.79 Å². The molecule has 0 bridgehead atoms. The van der Waals surface area contributed by atoms with Crippen molar-refractivity contribution in [2.24, 2.45) is 15.9 Å². The lowest BCUT2D eigenvalue weighted by Crippen LogP contribution is -2.41. The van der Waals surface area contributed by atoms with Crippen molar-refractivity contribution in [2.75, 3.05) is 6.61 Å². The van der Waals surface area contributed by atoms with Gasteiger partial charge in [0.05, 0.1) is 29.7 Å². The Bertz CT molecular complexity index is 903. The molecule has 3 rings (SSSR count). The van der Waals surface area contributed by atoms with Crippen LogP contribution in [-0.2, 0) is 14.3 Å². The van der Waals surface area contributed by atoms with E-state index in [1.807, 2.05) is 22.9 Å². The molecule has 7 heteroatoms. The number of aromatic nitrogens is 2. The third-order valence-electron chi connectivity index (χ3n) is 4.06. The Morgan fingerprint density at radius 1 is 1.32 bits per heavy atom. The van der Waals surface area contributed by atoms with Crippen molar-refractivity contribution in [3.63, 3.8) is 0 Å². The normalized spacial score (nSPS) is 17.4. The van der Waals surface area contributed by atoms with Crippen LogP contribution in [0.3, 0.4) is 0 Å². The van der Waals surface area contributed by atoms with Crippen LogP contribution >= 0.6 is 0 Å². The fraction of sp³-hybridized carbons (Fsp3) is 0.389. The summed E-state index contributed by atoms with van der Waals surface area (Å²) in [6.07, 6.45) is 5.43. The SMILES string of the molecule is CCOC(=O)C1N=c2cc(C(C(C)C)n3ccnc3)ccc2=NC1=O. The summed E-state index contributed by atoms with van der Waals surface area (Å²) in [4.78, 5) is 36.3. The molecule has 0 N–H and O–H groups in total. The standard InChI is InChI=1S/C18H20N4O3/c1-4-25-18(24)15-17(23)21-13-6-5-12(9-14(13)20-15)16(11(2)3)22-8-7-19-10-22/h5-11,15-16H,4H2,1-3H3. The molecule has 1 amide bonds. The molecule has 0 saturated carbocycles. The lowest BCUT2D eigenvalue weighted by atomic mass is 9.95. The average molecular weight is 340 g/mol. The molecule has 0 aliphatic carbocycles. The number of benzene rings is 1. The van der Waals surface area contributed by atoms with Gasteiger partial charge in [-0.2, -0.15) is 0 Å². The number of ether oxygens (including phenoxy) is 1. The Morgan fingerprint density at radius 3 is 2.76 bits per heavy atom. The maximum Gasteiger partial charge on any atom is 0.340 e. The summed E-state index contributed by atoms with van der Waals surface area (Å²) in [6.45, 7) is 6.13. The van der Waals surface area contributed by atoms with E-state index in [4.69, 9.17) is 4.74 Å². The van der Waals surface area contributed by atoms with Gasteiger partial charge in [0.25, 0.3) is 5.91 Å². The molecular formula is C18H20N4O3. The first kappa shape index (κ1) is 17.0. The summed E-state index contributed by atoms with van der Waals surface area (Å²) in [5, 5.41) is 1.00. The first-order valence-electron chi connectivity index (χ1n) is 8.25. The molecule has 2 heterocycles. The number of imidazole rings is 1. The monoisotopic (exact) mass is 340 g/mol. The predicted octanol–water partition coefficient (Wildman–Crippen LogP) is 0.840. The maximum atomic E-state index is 12.0. The number of nitrogens with zero attached hydrogens (tertiary/aromatic N) is 4. The minimum atomic E-state index is -1.21. The molecule has 0 radical (unpaired) electrons. The second-order valence-corrected chi connectivity index (χ2v) is 6.18. The fourth-order valence-corrected chi connectivity index (χ4v) is 3.01. The highest BCUT2D eigenvalue weighted by atomic mass is 16.5. The minimum Gasteiger partial charge on any atom is -0.464 e. The molecule has 1 aromatic heterocycles. The number of hydrogen-bond acceptors (Lipinski definition) is 5. The summed E-state index contributed by atoms with van der Waals surface area (Å²) < 4.78 is 6.94. The fourth-order valence-electron chi connectivity index (χ4n) is 3.01. The van der Waals surface area contributed by atoms with Crippen LogP contribution in [0.5, 0.6) is 0 Å². The van der Waals surface area contributed by atoms with Crippen LogP contribution in [0.4, 0.5) is 0 Å². The van der Waals surface area contributed by atoms with Crippen LogP contribution in [0.1, 0.15) is 32.4 Å². The molecule has 1 aromatic carbocycles. The summed E-state index contributed by atoms with van der Waals surface area (Å²) in [5.41, 5.74) is 1.02. The van der Waals surface area contributed by atoms with Gasteiger partial charge in [0.2, 0.25) is 6.04 Å². The first-order chi connectivity index (χ1) is 12.0. The van der Waals surface area contributed by atoms with E-state index < -0.39 is 17.9 Å². The molecule has 2 aromatic rings. The smallest absolute Gasteiger partial charge is 0.340 e. The molecule has 0 fully saturated rings. The second-order valence-electron chi connectivity index (χ2n) is 6.18. The number of carbonyl (C=O) groups is 2. The third-order valence-corrected chi connectivity index (χ3v) is 4.06. The van der Waals surface area contributed by atoms with Gasteiger partial charge in [0.15, 0.2) is 0 Å². The molecule has 2 unspecified atom stereocenters. The summed E-state index contributed by atoms with van der Waals surface area (Å²) >= 11 is 0. The van der Waals surface area contributed by atoms with Gasteiger partial charge >= 0.3 is 5.97 Å². The number of amides is 1. The molecule has 1 aliphatic heterocycles. The molecular weight excluding hydrogens is 320 g/mol. The zero-order valence-corrected chi connectivity index (χ0v) is 14.4. The molecule has 130 valence electrons. The van der Waals surface area contributed by atoms with Gasteiger partial charge in [-0.25, -0.2) is 14.8 Å². The number of fused-ring (bicyclic) bond motifs is 1. The van der Waals surface area contributed by atoms with Gasteiger partial charge < -0.3 is 9.30 Å². The van der Waals surface area contributed by atoms with Crippen molar-refractivity contribution < 1.29 is 14.3 Å². The van der Waals surface area contributed by atoms with Crippen LogP contribution in [0.25, 0.3) is 0 Å². The van der Waals surface area contributed by atoms with E-state index in [9.17, 15) is 9.59 Å². The van der Waals surface area contributed by atoms with Crippen LogP contribution in [0.15, 0.2) is 46.9 Å². The summed E-state index contributed by atoms with van der Waals surface area (Å²) in [7, 11) is 0. The van der Waals surface area contributed by atoms with E-state index in [1.165, 1.54) is 0 Å². The predicted molar refractivity (Wildman–Crippen MR) is 89.4 cm³/mol. The van der Waals surface area contributed by atoms with Crippen molar-refractivity contribution in [2.45, 2.75) is 32.9 Å². The highest BCUT2D eigenvalue weighted by Gasteiger charge is 2.29. The molecule has 0 spiro atoms. The van der Waals surface area contributed by atoms with E-state index in [0.717, 1.165) is 5.56 Å². The lowest BCUT2D eigenvalue weighted by Gasteiger charge is -2.23. The van der Waals surface area contributed by atoms with Gasteiger partial charge in [-0.1, -0.05) is 19.9 Å². The number of carbonyl (C=O) groups excluding carboxylic acids is 2. The van der Waals surface area contributed by atoms with Gasteiger partial charge in [0, 0.05) is 12.4 Å². The molecule has 0 saturated heterocycles. The van der Waals surface area contributed by atoms with Crippen LogP contribution in [-0.4, -0.2) is 34.1 Å². The minimum absolute atomic E-state index is 0.0710. The van der Waals surface area contributed by atoms with Crippen LogP contribution in [0, 0.1) is 5.92 Å². The van der Waals surface area contributed by atoms with E-state index in [2.05, 4.69) is 28.8 Å². The Balaban J connectivity index is 2.06. The number of hydrogen-bond donors (Lipinski definition) is 0. The van der Waals surface area contributed by atoms with Crippen molar-refractivity contribution in [3.8, 4) is 0 Å². The van der Waals surface area contributed by atoms with Gasteiger partial charge in [-0.15, -0.1) is 0 Å². The zero-order chi connectivity index (χ0) is 18.0. The molecule has 2 atom stereocenters. The largest absolute Gasteiger partial charge is 0.464 e. The van der Waals surface area contributed by atoms with Crippen molar-refractivity contribution in [1.29, 1.82) is 0 Å². The molecule has 7 nitrogen and oxygen atoms in total. The quantitative estimate of drug-likeness (QED) is 0.596. The highest BCUT2D eigenvalue weighted by Crippen LogP contribution is 2.24. The molecule has 25 heavy (non-hydrogen) atoms. The van der Waals surface area contributed by atoms with Gasteiger partial charge in [0.1, 0.15) is 0 Å². The third kappa shape index (κ3) is 3.35. The number of rotatable bonds is 5. The van der Waals surface area contributed by atoms with E-state index in [1.54, 1.807) is 25.5 Å². The Morgan fingerprint density at radius 2 is 2.12 bits per heavy atom. The second kappa shape index (κ2) is 6.96. The summed E-state index contributed by atoms with van der Waals surface area (Å²) in [5.74, 6) is -0.939. The van der Waals surface area contributed by atoms with E-state index in [-0.39, 0.29) is 12.6 Å². The topological polar surface area (TPSA) is 85.9 Å². The Labute approximate surface area is 145 Å². The number of esters is 1. The van der Waals surface area contributed by atoms with Crippen molar-refractivity contribution in [1.82, 2.24) is 9.55 Å². The van der Waals surface area contributed by atoms with Crippen molar-refractivity contribution >= 4 is 11.9 Å². The average Bonchev–Trinajstić information content (AvgIpc) is 3.08. The van der Waals surface area contributed by atoms with Crippen LogP contribution < -0.4 is 10.7 Å².